The zero-order valence-electron chi connectivity index (χ0n) is 12.2. The number of hydrogen-bond donors (Lipinski definition) is 1. The zero-order valence-corrected chi connectivity index (χ0v) is 12.2. The molecule has 0 aromatic heterocycles. The molecule has 0 bridgehead atoms. The minimum absolute atomic E-state index is 0.221. The van der Waals surface area contributed by atoms with Crippen LogP contribution < -0.4 is 5.32 Å². The summed E-state index contributed by atoms with van der Waals surface area (Å²) in [5.41, 5.74) is 3.61. The maximum absolute atomic E-state index is 12.2. The monoisotopic (exact) mass is 260 g/mol. The van der Waals surface area contributed by atoms with E-state index in [1.807, 2.05) is 11.9 Å². The van der Waals surface area contributed by atoms with Gasteiger partial charge >= 0.3 is 0 Å². The van der Waals surface area contributed by atoms with E-state index in [4.69, 9.17) is 0 Å². The van der Waals surface area contributed by atoms with E-state index < -0.39 is 0 Å². The molecule has 19 heavy (non-hydrogen) atoms. The third-order valence-corrected chi connectivity index (χ3v) is 3.96. The summed E-state index contributed by atoms with van der Waals surface area (Å²) in [5, 5.41) is 3.34. The Morgan fingerprint density at radius 1 is 1.42 bits per heavy atom. The Hall–Kier alpha value is -1.35. The highest BCUT2D eigenvalue weighted by Gasteiger charge is 2.19. The molecule has 1 unspecified atom stereocenters. The van der Waals surface area contributed by atoms with Gasteiger partial charge in [-0.25, -0.2) is 0 Å². The van der Waals surface area contributed by atoms with Crippen molar-refractivity contribution in [1.82, 2.24) is 10.2 Å². The summed E-state index contributed by atoms with van der Waals surface area (Å²) in [6.45, 7) is 7.16. The van der Waals surface area contributed by atoms with Crippen LogP contribution in [0.1, 0.15) is 23.1 Å². The van der Waals surface area contributed by atoms with Gasteiger partial charge in [-0.3, -0.25) is 4.79 Å². The first-order chi connectivity index (χ1) is 9.06. The van der Waals surface area contributed by atoms with Crippen molar-refractivity contribution >= 4 is 5.91 Å². The first-order valence-corrected chi connectivity index (χ1v) is 7.07. The summed E-state index contributed by atoms with van der Waals surface area (Å²) in [6, 6.07) is 6.30. The van der Waals surface area contributed by atoms with Crippen LogP contribution in [0.5, 0.6) is 0 Å². The van der Waals surface area contributed by atoms with Gasteiger partial charge in [-0.2, -0.15) is 0 Å². The highest BCUT2D eigenvalue weighted by molar-refractivity contribution is 5.78. The predicted octanol–water partition coefficient (Wildman–Crippen LogP) is 1.91. The molecule has 1 saturated heterocycles. The Balaban J connectivity index is 1.92. The molecule has 1 aromatic rings. The van der Waals surface area contributed by atoms with Crippen molar-refractivity contribution in [2.45, 2.75) is 26.7 Å². The highest BCUT2D eigenvalue weighted by Crippen LogP contribution is 2.14. The molecule has 1 atom stereocenters. The first kappa shape index (κ1) is 14.1. The normalized spacial score (nSPS) is 18.6. The van der Waals surface area contributed by atoms with Crippen molar-refractivity contribution in [3.63, 3.8) is 0 Å². The van der Waals surface area contributed by atoms with Crippen molar-refractivity contribution in [2.75, 3.05) is 26.7 Å². The Bertz CT molecular complexity index is 450. The van der Waals surface area contributed by atoms with Gasteiger partial charge < -0.3 is 10.2 Å². The van der Waals surface area contributed by atoms with E-state index in [2.05, 4.69) is 37.4 Å². The van der Waals surface area contributed by atoms with Gasteiger partial charge in [0.2, 0.25) is 5.91 Å². The van der Waals surface area contributed by atoms with Crippen LogP contribution >= 0.6 is 0 Å². The van der Waals surface area contributed by atoms with Crippen LogP contribution in [-0.2, 0) is 11.2 Å². The van der Waals surface area contributed by atoms with E-state index in [-0.39, 0.29) is 5.91 Å². The lowest BCUT2D eigenvalue weighted by Crippen LogP contribution is -2.33. The van der Waals surface area contributed by atoms with Crippen molar-refractivity contribution < 1.29 is 4.79 Å². The number of carbonyl (C=O) groups excluding carboxylic acids is 1. The number of aryl methyl sites for hydroxylation is 2. The number of nitrogens with one attached hydrogen (secondary N) is 1. The Morgan fingerprint density at radius 3 is 2.84 bits per heavy atom. The Labute approximate surface area is 116 Å². The standard InChI is InChI=1S/C16H24N2O/c1-12-4-5-15(13(2)8-12)9-16(19)18(3)11-14-6-7-17-10-14/h4-5,8,14,17H,6-7,9-11H2,1-3H3. The molecule has 1 aliphatic heterocycles. The molecular formula is C16H24N2O. The van der Waals surface area contributed by atoms with Crippen molar-refractivity contribution in [3.8, 4) is 0 Å². The van der Waals surface area contributed by atoms with E-state index in [0.717, 1.165) is 25.2 Å². The average molecular weight is 260 g/mol. The Kier molecular flexibility index (Phi) is 4.59. The van der Waals surface area contributed by atoms with Gasteiger partial charge in [0.1, 0.15) is 0 Å². The molecule has 2 rings (SSSR count). The number of amides is 1. The number of benzene rings is 1. The maximum atomic E-state index is 12.2. The van der Waals surface area contributed by atoms with Crippen LogP contribution in [0, 0.1) is 19.8 Å². The second kappa shape index (κ2) is 6.20. The van der Waals surface area contributed by atoms with Gasteiger partial charge in [-0.1, -0.05) is 23.8 Å². The molecule has 1 aromatic carbocycles. The van der Waals surface area contributed by atoms with Crippen LogP contribution in [0.15, 0.2) is 18.2 Å². The second-order valence-electron chi connectivity index (χ2n) is 5.74. The van der Waals surface area contributed by atoms with Crippen LogP contribution in [0.25, 0.3) is 0 Å². The minimum atomic E-state index is 0.221. The smallest absolute Gasteiger partial charge is 0.226 e. The molecule has 1 amide bonds. The number of carbonyl (C=O) groups is 1. The maximum Gasteiger partial charge on any atom is 0.226 e. The molecule has 0 spiro atoms. The summed E-state index contributed by atoms with van der Waals surface area (Å²) < 4.78 is 0. The molecule has 0 saturated carbocycles. The average Bonchev–Trinajstić information content (AvgIpc) is 2.85. The summed E-state index contributed by atoms with van der Waals surface area (Å²) in [6.07, 6.45) is 1.70. The number of rotatable bonds is 4. The lowest BCUT2D eigenvalue weighted by Gasteiger charge is -2.21. The molecule has 1 heterocycles. The lowest BCUT2D eigenvalue weighted by molar-refractivity contribution is -0.129. The molecular weight excluding hydrogens is 236 g/mol. The van der Waals surface area contributed by atoms with Crippen LogP contribution in [0.4, 0.5) is 0 Å². The summed E-state index contributed by atoms with van der Waals surface area (Å²) in [7, 11) is 1.92. The molecule has 1 N–H and O–H groups in total. The fourth-order valence-corrected chi connectivity index (χ4v) is 2.70. The SMILES string of the molecule is Cc1ccc(CC(=O)N(C)CC2CCNC2)c(C)c1. The summed E-state index contributed by atoms with van der Waals surface area (Å²) in [4.78, 5) is 14.1. The highest BCUT2D eigenvalue weighted by atomic mass is 16.2. The van der Waals surface area contributed by atoms with E-state index in [9.17, 15) is 4.79 Å². The number of nitrogens with zero attached hydrogens (tertiary/aromatic N) is 1. The van der Waals surface area contributed by atoms with Gasteiger partial charge in [0.25, 0.3) is 0 Å². The van der Waals surface area contributed by atoms with Crippen molar-refractivity contribution in [1.29, 1.82) is 0 Å². The fourth-order valence-electron chi connectivity index (χ4n) is 2.70. The minimum Gasteiger partial charge on any atom is -0.345 e. The molecule has 3 heteroatoms. The van der Waals surface area contributed by atoms with Gasteiger partial charge in [-0.15, -0.1) is 0 Å². The predicted molar refractivity (Wildman–Crippen MR) is 78.2 cm³/mol. The Morgan fingerprint density at radius 2 is 2.21 bits per heavy atom. The van der Waals surface area contributed by atoms with Gasteiger partial charge in [-0.05, 0) is 50.4 Å². The van der Waals surface area contributed by atoms with Crippen LogP contribution in [-0.4, -0.2) is 37.5 Å². The topological polar surface area (TPSA) is 32.3 Å². The zero-order chi connectivity index (χ0) is 13.8. The van der Waals surface area contributed by atoms with Crippen LogP contribution in [0.2, 0.25) is 0 Å². The third-order valence-electron chi connectivity index (χ3n) is 3.96. The molecule has 0 radical (unpaired) electrons. The van der Waals surface area contributed by atoms with Gasteiger partial charge in [0, 0.05) is 13.6 Å². The second-order valence-corrected chi connectivity index (χ2v) is 5.74. The summed E-state index contributed by atoms with van der Waals surface area (Å²) >= 11 is 0. The van der Waals surface area contributed by atoms with E-state index in [1.54, 1.807) is 0 Å². The molecule has 3 nitrogen and oxygen atoms in total. The van der Waals surface area contributed by atoms with Gasteiger partial charge in [0.05, 0.1) is 6.42 Å². The number of hydrogen-bond acceptors (Lipinski definition) is 2. The quantitative estimate of drug-likeness (QED) is 0.897. The number of likely N-dealkylation sites (N-methyl/N-ethyl adjacent to an activating group) is 1. The molecule has 104 valence electrons. The molecule has 0 aliphatic carbocycles. The van der Waals surface area contributed by atoms with E-state index >= 15 is 0 Å². The van der Waals surface area contributed by atoms with E-state index in [0.29, 0.717) is 12.3 Å². The first-order valence-electron chi connectivity index (χ1n) is 7.07. The third kappa shape index (κ3) is 3.80. The summed E-state index contributed by atoms with van der Waals surface area (Å²) in [5.74, 6) is 0.840. The van der Waals surface area contributed by atoms with Gasteiger partial charge in [0.15, 0.2) is 0 Å². The van der Waals surface area contributed by atoms with Crippen molar-refractivity contribution in [3.05, 3.63) is 34.9 Å². The largest absolute Gasteiger partial charge is 0.345 e. The van der Waals surface area contributed by atoms with Crippen LogP contribution in [0.3, 0.4) is 0 Å². The molecule has 1 aliphatic rings. The fraction of sp³-hybridized carbons (Fsp3) is 0.562. The van der Waals surface area contributed by atoms with Crippen molar-refractivity contribution in [2.24, 2.45) is 5.92 Å². The molecule has 1 fully saturated rings. The lowest BCUT2D eigenvalue weighted by atomic mass is 10.0. The van der Waals surface area contributed by atoms with E-state index in [1.165, 1.54) is 17.5 Å².